The fraction of sp³-hybridized carbons (Fsp3) is 0.208. The van der Waals surface area contributed by atoms with Crippen molar-refractivity contribution < 1.29 is 9.18 Å². The van der Waals surface area contributed by atoms with Crippen LogP contribution in [-0.4, -0.2) is 21.2 Å². The Labute approximate surface area is 192 Å². The van der Waals surface area contributed by atoms with Crippen molar-refractivity contribution in [1.82, 2.24) is 9.55 Å². The molecule has 1 aliphatic rings. The molecule has 0 spiro atoms. The topological polar surface area (TPSA) is 64.0 Å². The molecule has 5 rings (SSSR count). The number of amides is 1. The molecule has 0 fully saturated rings. The van der Waals surface area contributed by atoms with Gasteiger partial charge in [-0.3, -0.25) is 14.2 Å². The fourth-order valence-corrected chi connectivity index (χ4v) is 5.52. The molecular weight excluding hydrogens is 445 g/mol. The molecule has 0 saturated carbocycles. The Balaban J connectivity index is 1.37. The number of carbonyl (C=O) groups is 1. The Morgan fingerprint density at radius 1 is 1.16 bits per heavy atom. The number of aryl methyl sites for hydroxylation is 2. The van der Waals surface area contributed by atoms with Gasteiger partial charge in [0.15, 0.2) is 5.16 Å². The van der Waals surface area contributed by atoms with Crippen LogP contribution in [0.25, 0.3) is 10.2 Å². The van der Waals surface area contributed by atoms with E-state index < -0.39 is 0 Å². The van der Waals surface area contributed by atoms with Crippen molar-refractivity contribution in [2.45, 2.75) is 31.0 Å². The number of aromatic nitrogens is 2. The highest BCUT2D eigenvalue weighted by Gasteiger charge is 2.17. The maximum atomic E-state index is 14.2. The molecule has 8 heteroatoms. The summed E-state index contributed by atoms with van der Waals surface area (Å²) in [7, 11) is 0. The monoisotopic (exact) mass is 465 g/mol. The molecule has 162 valence electrons. The average Bonchev–Trinajstić information content (AvgIpc) is 3.45. The summed E-state index contributed by atoms with van der Waals surface area (Å²) in [6.45, 7) is 0.0567. The zero-order valence-electron chi connectivity index (χ0n) is 17.1. The van der Waals surface area contributed by atoms with Gasteiger partial charge in [-0.25, -0.2) is 9.37 Å². The van der Waals surface area contributed by atoms with Crippen LogP contribution >= 0.6 is 23.1 Å². The normalized spacial score (nSPS) is 12.8. The number of benzene rings is 2. The average molecular weight is 466 g/mol. The van der Waals surface area contributed by atoms with Crippen LogP contribution in [0.5, 0.6) is 0 Å². The van der Waals surface area contributed by atoms with E-state index in [1.54, 1.807) is 24.3 Å². The minimum Gasteiger partial charge on any atom is -0.325 e. The molecule has 0 unspecified atom stereocenters. The largest absolute Gasteiger partial charge is 0.325 e. The lowest BCUT2D eigenvalue weighted by atomic mass is 10.1. The van der Waals surface area contributed by atoms with Crippen molar-refractivity contribution in [3.63, 3.8) is 0 Å². The van der Waals surface area contributed by atoms with Crippen LogP contribution in [0.4, 0.5) is 10.1 Å². The van der Waals surface area contributed by atoms with Gasteiger partial charge in [0.05, 0.1) is 17.8 Å². The van der Waals surface area contributed by atoms with Gasteiger partial charge in [-0.05, 0) is 60.0 Å². The summed E-state index contributed by atoms with van der Waals surface area (Å²) in [5.74, 6) is -0.461. The van der Waals surface area contributed by atoms with Crippen LogP contribution < -0.4 is 10.9 Å². The maximum Gasteiger partial charge on any atom is 0.272 e. The third-order valence-corrected chi connectivity index (χ3v) is 7.40. The number of hydrogen-bond acceptors (Lipinski definition) is 5. The van der Waals surface area contributed by atoms with Crippen LogP contribution in [0.3, 0.4) is 0 Å². The minimum absolute atomic E-state index is 0.0567. The van der Waals surface area contributed by atoms with Crippen LogP contribution in [0.1, 0.15) is 23.1 Å². The molecule has 0 radical (unpaired) electrons. The van der Waals surface area contributed by atoms with Crippen molar-refractivity contribution >= 4 is 44.9 Å². The van der Waals surface area contributed by atoms with Gasteiger partial charge in [0.2, 0.25) is 5.91 Å². The molecule has 0 bridgehead atoms. The van der Waals surface area contributed by atoms with Crippen LogP contribution in [-0.2, 0) is 24.2 Å². The molecule has 1 N–H and O–H groups in total. The molecule has 0 atom stereocenters. The molecule has 1 amide bonds. The first-order valence-corrected chi connectivity index (χ1v) is 12.2. The summed E-state index contributed by atoms with van der Waals surface area (Å²) in [5.41, 5.74) is 4.18. The van der Waals surface area contributed by atoms with E-state index in [2.05, 4.69) is 16.4 Å². The highest BCUT2D eigenvalue weighted by atomic mass is 32.2. The highest BCUT2D eigenvalue weighted by molar-refractivity contribution is 7.99. The highest BCUT2D eigenvalue weighted by Crippen LogP contribution is 2.26. The smallest absolute Gasteiger partial charge is 0.272 e. The molecule has 2 aromatic carbocycles. The Hall–Kier alpha value is -2.97. The number of thiophene rings is 1. The van der Waals surface area contributed by atoms with Gasteiger partial charge in [-0.1, -0.05) is 36.0 Å². The second kappa shape index (κ2) is 8.88. The fourth-order valence-electron chi connectivity index (χ4n) is 3.95. The molecule has 2 heterocycles. The minimum atomic E-state index is -0.379. The molecule has 0 aliphatic heterocycles. The lowest BCUT2D eigenvalue weighted by Crippen LogP contribution is -2.24. The summed E-state index contributed by atoms with van der Waals surface area (Å²) in [6.07, 6.45) is 3.29. The summed E-state index contributed by atoms with van der Waals surface area (Å²) < 4.78 is 16.2. The van der Waals surface area contributed by atoms with Gasteiger partial charge in [0.1, 0.15) is 10.5 Å². The summed E-state index contributed by atoms with van der Waals surface area (Å²) >= 11 is 2.49. The maximum absolute atomic E-state index is 14.2. The van der Waals surface area contributed by atoms with Crippen molar-refractivity contribution in [2.24, 2.45) is 0 Å². The first kappa shape index (κ1) is 20.9. The molecular formula is C24H20FN3O2S2. The predicted octanol–water partition coefficient (Wildman–Crippen LogP) is 4.86. The van der Waals surface area contributed by atoms with Gasteiger partial charge in [-0.2, -0.15) is 0 Å². The Morgan fingerprint density at radius 2 is 2.00 bits per heavy atom. The van der Waals surface area contributed by atoms with Crippen molar-refractivity contribution in [3.8, 4) is 0 Å². The van der Waals surface area contributed by atoms with E-state index in [1.165, 1.54) is 44.9 Å². The number of anilines is 1. The van der Waals surface area contributed by atoms with Crippen molar-refractivity contribution in [2.75, 3.05) is 11.1 Å². The van der Waals surface area contributed by atoms with Gasteiger partial charge in [-0.15, -0.1) is 11.3 Å². The SMILES string of the molecule is O=C(CSc1nc2ccsc2c(=O)n1Cc1ccccc1F)Nc1ccc2c(c1)CCC2. The Morgan fingerprint density at radius 3 is 2.88 bits per heavy atom. The summed E-state index contributed by atoms with van der Waals surface area (Å²) in [6, 6.07) is 14.2. The number of thioether (sulfide) groups is 1. The first-order valence-electron chi connectivity index (χ1n) is 10.3. The number of rotatable bonds is 6. The first-order chi connectivity index (χ1) is 15.6. The molecule has 2 aromatic heterocycles. The van der Waals surface area contributed by atoms with E-state index in [4.69, 9.17) is 0 Å². The zero-order chi connectivity index (χ0) is 22.1. The van der Waals surface area contributed by atoms with E-state index in [-0.39, 0.29) is 29.6 Å². The second-order valence-corrected chi connectivity index (χ2v) is 9.54. The van der Waals surface area contributed by atoms with Crippen molar-refractivity contribution in [1.29, 1.82) is 0 Å². The Kier molecular flexibility index (Phi) is 5.80. The van der Waals surface area contributed by atoms with Crippen LogP contribution in [0, 0.1) is 5.82 Å². The van der Waals surface area contributed by atoms with Crippen LogP contribution in [0.2, 0.25) is 0 Å². The quantitative estimate of drug-likeness (QED) is 0.326. The molecule has 32 heavy (non-hydrogen) atoms. The number of nitrogens with zero attached hydrogens (tertiary/aromatic N) is 2. The number of nitrogens with one attached hydrogen (secondary N) is 1. The lowest BCUT2D eigenvalue weighted by Gasteiger charge is -2.13. The standard InChI is InChI=1S/C24H20FN3O2S2/c25-19-7-2-1-4-17(19)13-28-23(30)22-20(10-11-31-22)27-24(28)32-14-21(29)26-18-9-8-15-5-3-6-16(15)12-18/h1-2,4,7-12H,3,5-6,13-14H2,(H,26,29). The Bertz CT molecular complexity index is 1380. The molecule has 4 aromatic rings. The van der Waals surface area contributed by atoms with Gasteiger partial charge in [0.25, 0.3) is 5.56 Å². The summed E-state index contributed by atoms with van der Waals surface area (Å²) in [5, 5.41) is 5.14. The number of carbonyl (C=O) groups excluding carboxylic acids is 1. The third-order valence-electron chi connectivity index (χ3n) is 5.53. The van der Waals surface area contributed by atoms with E-state index >= 15 is 0 Å². The summed E-state index contributed by atoms with van der Waals surface area (Å²) in [4.78, 5) is 30.3. The van der Waals surface area contributed by atoms with E-state index in [0.717, 1.165) is 24.9 Å². The third kappa shape index (κ3) is 4.20. The number of halogens is 1. The van der Waals surface area contributed by atoms with E-state index in [9.17, 15) is 14.0 Å². The predicted molar refractivity (Wildman–Crippen MR) is 127 cm³/mol. The number of hydrogen-bond donors (Lipinski definition) is 1. The van der Waals surface area contributed by atoms with Gasteiger partial charge in [0, 0.05) is 11.3 Å². The van der Waals surface area contributed by atoms with E-state index in [1.807, 2.05) is 17.5 Å². The lowest BCUT2D eigenvalue weighted by molar-refractivity contribution is -0.113. The zero-order valence-corrected chi connectivity index (χ0v) is 18.8. The second-order valence-electron chi connectivity index (χ2n) is 7.69. The van der Waals surface area contributed by atoms with E-state index in [0.29, 0.717) is 20.9 Å². The number of fused-ring (bicyclic) bond motifs is 2. The van der Waals surface area contributed by atoms with Crippen LogP contribution in [0.15, 0.2) is 63.9 Å². The molecule has 1 aliphatic carbocycles. The van der Waals surface area contributed by atoms with Gasteiger partial charge < -0.3 is 5.32 Å². The van der Waals surface area contributed by atoms with Gasteiger partial charge >= 0.3 is 0 Å². The molecule has 5 nitrogen and oxygen atoms in total. The van der Waals surface area contributed by atoms with Crippen molar-refractivity contribution in [3.05, 3.63) is 86.8 Å². The molecule has 0 saturated heterocycles.